The standard InChI is InChI=1S/C8H9N7OS/c1-15-8(10-4-12-15)17-7-5(6(9)14-16)2-3-11-13-7/h2-4,16H,1H3,(H2,9,14). The molecule has 2 aromatic rings. The van der Waals surface area contributed by atoms with Gasteiger partial charge in [0, 0.05) is 7.05 Å². The molecule has 2 aromatic heterocycles. The molecule has 2 heterocycles. The molecule has 88 valence electrons. The number of amidine groups is 1. The van der Waals surface area contributed by atoms with Crippen LogP contribution in [-0.2, 0) is 7.05 Å². The van der Waals surface area contributed by atoms with Crippen LogP contribution in [0.5, 0.6) is 0 Å². The topological polar surface area (TPSA) is 115 Å². The summed E-state index contributed by atoms with van der Waals surface area (Å²) in [5.74, 6) is -0.0235. The minimum atomic E-state index is -0.0235. The van der Waals surface area contributed by atoms with Crippen molar-refractivity contribution in [3.63, 3.8) is 0 Å². The zero-order valence-electron chi connectivity index (χ0n) is 8.85. The van der Waals surface area contributed by atoms with Crippen LogP contribution in [0.25, 0.3) is 0 Å². The first-order chi connectivity index (χ1) is 8.22. The van der Waals surface area contributed by atoms with Gasteiger partial charge in [0.1, 0.15) is 11.4 Å². The highest BCUT2D eigenvalue weighted by Gasteiger charge is 2.12. The molecule has 0 aliphatic carbocycles. The number of nitrogens with two attached hydrogens (primary N) is 1. The summed E-state index contributed by atoms with van der Waals surface area (Å²) in [6.07, 6.45) is 2.90. The highest BCUT2D eigenvalue weighted by atomic mass is 32.2. The first-order valence-electron chi connectivity index (χ1n) is 4.54. The van der Waals surface area contributed by atoms with Crippen LogP contribution >= 0.6 is 11.8 Å². The Labute approximate surface area is 101 Å². The molecule has 0 atom stereocenters. The number of nitrogens with zero attached hydrogens (tertiary/aromatic N) is 6. The molecule has 0 bridgehead atoms. The SMILES string of the molecule is Cn1ncnc1Sc1nnccc1/C(N)=N/O. The quantitative estimate of drug-likeness (QED) is 0.337. The Hall–Kier alpha value is -2.16. The molecule has 17 heavy (non-hydrogen) atoms. The summed E-state index contributed by atoms with van der Waals surface area (Å²) in [6.45, 7) is 0. The summed E-state index contributed by atoms with van der Waals surface area (Å²) in [5.41, 5.74) is 6.03. The molecule has 0 aliphatic heterocycles. The van der Waals surface area contributed by atoms with Gasteiger partial charge in [-0.25, -0.2) is 9.67 Å². The van der Waals surface area contributed by atoms with E-state index in [9.17, 15) is 0 Å². The molecule has 9 heteroatoms. The maximum Gasteiger partial charge on any atom is 0.192 e. The number of oxime groups is 1. The molecule has 0 saturated heterocycles. The molecule has 0 fully saturated rings. The van der Waals surface area contributed by atoms with E-state index in [4.69, 9.17) is 10.9 Å². The Bertz CT molecular complexity index is 552. The van der Waals surface area contributed by atoms with Crippen molar-refractivity contribution in [3.8, 4) is 0 Å². The lowest BCUT2D eigenvalue weighted by Gasteiger charge is -2.04. The van der Waals surface area contributed by atoms with Crippen LogP contribution in [-0.4, -0.2) is 36.0 Å². The zero-order valence-corrected chi connectivity index (χ0v) is 9.66. The van der Waals surface area contributed by atoms with E-state index in [1.165, 1.54) is 24.3 Å². The van der Waals surface area contributed by atoms with Gasteiger partial charge in [-0.1, -0.05) is 5.16 Å². The van der Waals surface area contributed by atoms with Gasteiger partial charge in [-0.2, -0.15) is 10.2 Å². The first-order valence-corrected chi connectivity index (χ1v) is 5.35. The first kappa shape index (κ1) is 11.3. The van der Waals surface area contributed by atoms with Gasteiger partial charge in [-0.15, -0.1) is 5.10 Å². The summed E-state index contributed by atoms with van der Waals surface area (Å²) in [7, 11) is 1.76. The van der Waals surface area contributed by atoms with Crippen LogP contribution in [0.2, 0.25) is 0 Å². The zero-order chi connectivity index (χ0) is 12.3. The highest BCUT2D eigenvalue weighted by molar-refractivity contribution is 7.99. The predicted molar refractivity (Wildman–Crippen MR) is 59.7 cm³/mol. The Morgan fingerprint density at radius 3 is 3.06 bits per heavy atom. The van der Waals surface area contributed by atoms with Crippen molar-refractivity contribution in [3.05, 3.63) is 24.2 Å². The van der Waals surface area contributed by atoms with Crippen molar-refractivity contribution in [2.45, 2.75) is 10.2 Å². The molecular formula is C8H9N7OS. The number of rotatable bonds is 3. The van der Waals surface area contributed by atoms with Crippen molar-refractivity contribution in [2.24, 2.45) is 17.9 Å². The maximum absolute atomic E-state index is 8.67. The number of aryl methyl sites for hydroxylation is 1. The summed E-state index contributed by atoms with van der Waals surface area (Å²) < 4.78 is 1.59. The van der Waals surface area contributed by atoms with Crippen LogP contribution in [0.3, 0.4) is 0 Å². The molecule has 3 N–H and O–H groups in total. The fourth-order valence-corrected chi connectivity index (χ4v) is 1.93. The fraction of sp³-hybridized carbons (Fsp3) is 0.125. The lowest BCUT2D eigenvalue weighted by Crippen LogP contribution is -2.15. The minimum absolute atomic E-state index is 0.0235. The second-order valence-electron chi connectivity index (χ2n) is 3.00. The van der Waals surface area contributed by atoms with Crippen molar-refractivity contribution in [1.29, 1.82) is 0 Å². The van der Waals surface area contributed by atoms with Gasteiger partial charge in [0.2, 0.25) is 0 Å². The van der Waals surface area contributed by atoms with E-state index < -0.39 is 0 Å². The average molecular weight is 251 g/mol. The van der Waals surface area contributed by atoms with E-state index >= 15 is 0 Å². The van der Waals surface area contributed by atoms with Crippen LogP contribution < -0.4 is 5.73 Å². The van der Waals surface area contributed by atoms with Crippen molar-refractivity contribution in [2.75, 3.05) is 0 Å². The van der Waals surface area contributed by atoms with E-state index in [2.05, 4.69) is 25.4 Å². The Morgan fingerprint density at radius 1 is 1.59 bits per heavy atom. The van der Waals surface area contributed by atoms with Gasteiger partial charge in [0.25, 0.3) is 0 Å². The summed E-state index contributed by atoms with van der Waals surface area (Å²) in [5, 5.41) is 24.4. The van der Waals surface area contributed by atoms with Gasteiger partial charge < -0.3 is 10.9 Å². The molecule has 0 aliphatic rings. The number of aromatic nitrogens is 5. The van der Waals surface area contributed by atoms with E-state index in [-0.39, 0.29) is 5.84 Å². The van der Waals surface area contributed by atoms with Crippen LogP contribution in [0, 0.1) is 0 Å². The van der Waals surface area contributed by atoms with Gasteiger partial charge in [-0.3, -0.25) is 0 Å². The normalized spacial score (nSPS) is 11.7. The predicted octanol–water partition coefficient (Wildman–Crippen LogP) is -0.149. The Balaban J connectivity index is 2.36. The second-order valence-corrected chi connectivity index (χ2v) is 3.96. The van der Waals surface area contributed by atoms with Crippen molar-refractivity contribution in [1.82, 2.24) is 25.0 Å². The van der Waals surface area contributed by atoms with Crippen molar-refractivity contribution < 1.29 is 5.21 Å². The fourth-order valence-electron chi connectivity index (χ4n) is 1.11. The number of hydrogen-bond donors (Lipinski definition) is 2. The smallest absolute Gasteiger partial charge is 0.192 e. The molecule has 2 rings (SSSR count). The summed E-state index contributed by atoms with van der Waals surface area (Å²) in [6, 6.07) is 1.61. The number of hydrogen-bond acceptors (Lipinski definition) is 7. The van der Waals surface area contributed by atoms with Crippen LogP contribution in [0.15, 0.2) is 33.9 Å². The Kier molecular flexibility index (Phi) is 3.19. The molecule has 0 unspecified atom stereocenters. The largest absolute Gasteiger partial charge is 0.409 e. The van der Waals surface area contributed by atoms with Crippen LogP contribution in [0.4, 0.5) is 0 Å². The molecule has 0 spiro atoms. The van der Waals surface area contributed by atoms with E-state index in [0.29, 0.717) is 15.7 Å². The van der Waals surface area contributed by atoms with Crippen molar-refractivity contribution >= 4 is 17.6 Å². The Morgan fingerprint density at radius 2 is 2.41 bits per heavy atom. The van der Waals surface area contributed by atoms with Gasteiger partial charge >= 0.3 is 0 Å². The second kappa shape index (κ2) is 4.78. The van der Waals surface area contributed by atoms with E-state index in [1.807, 2.05) is 0 Å². The average Bonchev–Trinajstić information content (AvgIpc) is 2.75. The third-order valence-corrected chi connectivity index (χ3v) is 2.98. The molecule has 8 nitrogen and oxygen atoms in total. The monoisotopic (exact) mass is 251 g/mol. The lowest BCUT2D eigenvalue weighted by molar-refractivity contribution is 0.318. The maximum atomic E-state index is 8.67. The molecule has 0 radical (unpaired) electrons. The molecule has 0 aromatic carbocycles. The highest BCUT2D eigenvalue weighted by Crippen LogP contribution is 2.25. The van der Waals surface area contributed by atoms with Gasteiger partial charge in [0.05, 0.1) is 11.8 Å². The van der Waals surface area contributed by atoms with Gasteiger partial charge in [-0.05, 0) is 17.8 Å². The summed E-state index contributed by atoms with van der Waals surface area (Å²) >= 11 is 1.23. The molecule has 0 amide bonds. The van der Waals surface area contributed by atoms with E-state index in [0.717, 1.165) is 0 Å². The molecule has 0 saturated carbocycles. The third kappa shape index (κ3) is 2.33. The minimum Gasteiger partial charge on any atom is -0.409 e. The molecular weight excluding hydrogens is 242 g/mol. The lowest BCUT2D eigenvalue weighted by atomic mass is 10.3. The summed E-state index contributed by atoms with van der Waals surface area (Å²) in [4.78, 5) is 4.04. The van der Waals surface area contributed by atoms with E-state index in [1.54, 1.807) is 17.8 Å². The van der Waals surface area contributed by atoms with Crippen LogP contribution in [0.1, 0.15) is 5.56 Å². The third-order valence-electron chi connectivity index (χ3n) is 1.93. The van der Waals surface area contributed by atoms with Gasteiger partial charge in [0.15, 0.2) is 11.0 Å².